The number of nitrogens with zero attached hydrogens (tertiary/aromatic N) is 1. The molecule has 2 aromatic carbocycles. The van der Waals surface area contributed by atoms with Crippen LogP contribution in [0.4, 0.5) is 0 Å². The summed E-state index contributed by atoms with van der Waals surface area (Å²) in [6, 6.07) is 13.4. The number of benzene rings is 2. The summed E-state index contributed by atoms with van der Waals surface area (Å²) in [6.07, 6.45) is 0. The van der Waals surface area contributed by atoms with E-state index in [1.807, 2.05) is 36.4 Å². The summed E-state index contributed by atoms with van der Waals surface area (Å²) in [5.41, 5.74) is 1.79. The second-order valence-corrected chi connectivity index (χ2v) is 6.03. The quantitative estimate of drug-likeness (QED) is 0.747. The van der Waals surface area contributed by atoms with E-state index in [-0.39, 0.29) is 12.4 Å². The van der Waals surface area contributed by atoms with Gasteiger partial charge in [0.15, 0.2) is 17.3 Å². The molecule has 1 unspecified atom stereocenters. The lowest BCUT2D eigenvalue weighted by Crippen LogP contribution is -3.06. The second-order valence-electron chi connectivity index (χ2n) is 6.03. The van der Waals surface area contributed by atoms with Crippen molar-refractivity contribution >= 4 is 10.9 Å². The van der Waals surface area contributed by atoms with Gasteiger partial charge in [0.2, 0.25) is 6.79 Å². The first-order valence-electron chi connectivity index (χ1n) is 7.87. The van der Waals surface area contributed by atoms with Gasteiger partial charge in [-0.2, -0.15) is 0 Å². The number of rotatable bonds is 4. The van der Waals surface area contributed by atoms with E-state index < -0.39 is 0 Å². The van der Waals surface area contributed by atoms with Crippen LogP contribution < -0.4 is 19.9 Å². The Hall–Kier alpha value is -2.86. The Kier molecular flexibility index (Phi) is 3.66. The van der Waals surface area contributed by atoms with Gasteiger partial charge < -0.3 is 19.4 Å². The van der Waals surface area contributed by atoms with Crippen LogP contribution in [-0.4, -0.2) is 23.8 Å². The number of quaternary nitrogens is 1. The third-order valence-corrected chi connectivity index (χ3v) is 4.07. The summed E-state index contributed by atoms with van der Waals surface area (Å²) in [6.45, 7) is 1.71. The Morgan fingerprint density at radius 2 is 1.96 bits per heavy atom. The fourth-order valence-corrected chi connectivity index (χ4v) is 2.97. The summed E-state index contributed by atoms with van der Waals surface area (Å²) < 4.78 is 10.7. The standard InChI is InChI=1S/C18H17N3O3/c1-21(9-12-6-7-15-16(8-12)24-11-23-15)10-17-19-14-5-3-2-4-13(14)18(22)20-17/h2-8H,9-11H2,1H3,(H,19,20,22)/p+1. The van der Waals surface area contributed by atoms with Gasteiger partial charge in [-0.25, -0.2) is 4.98 Å². The molecule has 0 saturated heterocycles. The molecule has 0 saturated carbocycles. The maximum Gasteiger partial charge on any atom is 0.258 e. The average Bonchev–Trinajstić information content (AvgIpc) is 3.02. The fraction of sp³-hybridized carbons (Fsp3) is 0.222. The van der Waals surface area contributed by atoms with Gasteiger partial charge in [0.05, 0.1) is 18.0 Å². The fourth-order valence-electron chi connectivity index (χ4n) is 2.97. The summed E-state index contributed by atoms with van der Waals surface area (Å²) >= 11 is 0. The largest absolute Gasteiger partial charge is 0.454 e. The first kappa shape index (κ1) is 14.7. The molecule has 2 heterocycles. The molecule has 0 radical (unpaired) electrons. The molecule has 0 spiro atoms. The summed E-state index contributed by atoms with van der Waals surface area (Å²) in [5, 5.41) is 0.620. The number of nitrogens with one attached hydrogen (secondary N) is 2. The van der Waals surface area contributed by atoms with Crippen molar-refractivity contribution in [1.29, 1.82) is 0 Å². The summed E-state index contributed by atoms with van der Waals surface area (Å²) in [7, 11) is 2.07. The number of H-pyrrole nitrogens is 1. The monoisotopic (exact) mass is 324 g/mol. The van der Waals surface area contributed by atoms with E-state index in [1.54, 1.807) is 6.07 Å². The topological polar surface area (TPSA) is 68.7 Å². The minimum absolute atomic E-state index is 0.0912. The van der Waals surface area contributed by atoms with Crippen LogP contribution in [0.2, 0.25) is 0 Å². The van der Waals surface area contributed by atoms with Gasteiger partial charge in [-0.15, -0.1) is 0 Å². The van der Waals surface area contributed by atoms with Crippen molar-refractivity contribution in [2.24, 2.45) is 0 Å². The van der Waals surface area contributed by atoms with Gasteiger partial charge in [0.25, 0.3) is 5.56 Å². The van der Waals surface area contributed by atoms with E-state index in [0.717, 1.165) is 29.1 Å². The predicted octanol–water partition coefficient (Wildman–Crippen LogP) is 0.867. The van der Waals surface area contributed by atoms with Crippen LogP contribution in [0.3, 0.4) is 0 Å². The number of aromatic nitrogens is 2. The third-order valence-electron chi connectivity index (χ3n) is 4.07. The molecule has 3 aromatic rings. The molecule has 2 N–H and O–H groups in total. The molecule has 1 aliphatic rings. The Balaban J connectivity index is 1.52. The van der Waals surface area contributed by atoms with Crippen LogP contribution in [0, 0.1) is 0 Å². The average molecular weight is 324 g/mol. The van der Waals surface area contributed by atoms with Crippen LogP contribution in [0.25, 0.3) is 10.9 Å². The van der Waals surface area contributed by atoms with Crippen molar-refractivity contribution < 1.29 is 14.4 Å². The summed E-state index contributed by atoms with van der Waals surface area (Å²) in [5.74, 6) is 2.27. The smallest absolute Gasteiger partial charge is 0.258 e. The highest BCUT2D eigenvalue weighted by Gasteiger charge is 2.15. The van der Waals surface area contributed by atoms with Gasteiger partial charge in [-0.3, -0.25) is 4.79 Å². The third kappa shape index (κ3) is 2.83. The van der Waals surface area contributed by atoms with E-state index in [9.17, 15) is 4.79 Å². The molecule has 1 aromatic heterocycles. The van der Waals surface area contributed by atoms with E-state index in [2.05, 4.69) is 17.0 Å². The van der Waals surface area contributed by atoms with Gasteiger partial charge in [0, 0.05) is 5.56 Å². The van der Waals surface area contributed by atoms with Crippen molar-refractivity contribution in [2.75, 3.05) is 13.8 Å². The zero-order valence-electron chi connectivity index (χ0n) is 13.3. The number of para-hydroxylation sites is 1. The zero-order valence-corrected chi connectivity index (χ0v) is 13.3. The lowest BCUT2D eigenvalue weighted by molar-refractivity contribution is -0.908. The molecule has 0 aliphatic carbocycles. The Labute approximate surface area is 138 Å². The van der Waals surface area contributed by atoms with Gasteiger partial charge in [-0.05, 0) is 30.3 Å². The number of fused-ring (bicyclic) bond motifs is 2. The minimum atomic E-state index is -0.0912. The van der Waals surface area contributed by atoms with E-state index in [0.29, 0.717) is 17.8 Å². The normalized spacial score (nSPS) is 14.0. The maximum absolute atomic E-state index is 12.1. The highest BCUT2D eigenvalue weighted by Crippen LogP contribution is 2.32. The number of hydrogen-bond donors (Lipinski definition) is 2. The van der Waals surface area contributed by atoms with Crippen LogP contribution >= 0.6 is 0 Å². The van der Waals surface area contributed by atoms with E-state index >= 15 is 0 Å². The molecule has 1 atom stereocenters. The molecule has 0 amide bonds. The highest BCUT2D eigenvalue weighted by molar-refractivity contribution is 5.77. The zero-order chi connectivity index (χ0) is 16.5. The Morgan fingerprint density at radius 3 is 2.88 bits per heavy atom. The molecule has 122 valence electrons. The van der Waals surface area contributed by atoms with Crippen molar-refractivity contribution in [1.82, 2.24) is 9.97 Å². The van der Waals surface area contributed by atoms with Crippen molar-refractivity contribution in [3.63, 3.8) is 0 Å². The lowest BCUT2D eigenvalue weighted by atomic mass is 10.2. The number of hydrogen-bond acceptors (Lipinski definition) is 4. The van der Waals surface area contributed by atoms with E-state index in [1.165, 1.54) is 4.90 Å². The molecule has 24 heavy (non-hydrogen) atoms. The maximum atomic E-state index is 12.1. The predicted molar refractivity (Wildman–Crippen MR) is 89.2 cm³/mol. The molecule has 6 nitrogen and oxygen atoms in total. The number of ether oxygens (including phenoxy) is 2. The second kappa shape index (κ2) is 5.98. The van der Waals surface area contributed by atoms with Crippen molar-refractivity contribution in [3.05, 3.63) is 64.2 Å². The van der Waals surface area contributed by atoms with Crippen LogP contribution in [-0.2, 0) is 13.1 Å². The first-order valence-corrected chi connectivity index (χ1v) is 7.87. The van der Waals surface area contributed by atoms with Gasteiger partial charge >= 0.3 is 0 Å². The van der Waals surface area contributed by atoms with Crippen molar-refractivity contribution in [2.45, 2.75) is 13.1 Å². The molecule has 1 aliphatic heterocycles. The van der Waals surface area contributed by atoms with Gasteiger partial charge in [0.1, 0.15) is 13.1 Å². The molecule has 0 fully saturated rings. The Bertz CT molecular complexity index is 952. The Morgan fingerprint density at radius 1 is 1.12 bits per heavy atom. The SMILES string of the molecule is C[NH+](Cc1ccc2c(c1)OCO2)Cc1nc2ccccc2c(=O)[nH]1. The molecular weight excluding hydrogens is 306 g/mol. The van der Waals surface area contributed by atoms with E-state index in [4.69, 9.17) is 9.47 Å². The van der Waals surface area contributed by atoms with Crippen LogP contribution in [0.5, 0.6) is 11.5 Å². The highest BCUT2D eigenvalue weighted by atomic mass is 16.7. The lowest BCUT2D eigenvalue weighted by Gasteiger charge is -2.14. The minimum Gasteiger partial charge on any atom is -0.454 e. The first-order chi connectivity index (χ1) is 11.7. The molecule has 6 heteroatoms. The van der Waals surface area contributed by atoms with Crippen molar-refractivity contribution in [3.8, 4) is 11.5 Å². The number of aromatic amines is 1. The summed E-state index contributed by atoms with van der Waals surface area (Å²) in [4.78, 5) is 20.8. The van der Waals surface area contributed by atoms with Crippen LogP contribution in [0.15, 0.2) is 47.3 Å². The molecule has 0 bridgehead atoms. The molecular formula is C18H18N3O3+. The van der Waals surface area contributed by atoms with Gasteiger partial charge in [-0.1, -0.05) is 12.1 Å². The molecule has 4 rings (SSSR count). The van der Waals surface area contributed by atoms with Crippen LogP contribution in [0.1, 0.15) is 11.4 Å².